The summed E-state index contributed by atoms with van der Waals surface area (Å²) in [6, 6.07) is 91.8. The van der Waals surface area contributed by atoms with Crippen molar-refractivity contribution in [2.75, 3.05) is 4.90 Å². The Labute approximate surface area is 388 Å². The van der Waals surface area contributed by atoms with Gasteiger partial charge in [-0.05, 0) is 117 Å². The van der Waals surface area contributed by atoms with E-state index in [2.05, 4.69) is 258 Å². The van der Waals surface area contributed by atoms with Gasteiger partial charge in [0.1, 0.15) is 11.2 Å². The van der Waals surface area contributed by atoms with Crippen molar-refractivity contribution in [2.45, 2.75) is 0 Å². The van der Waals surface area contributed by atoms with Crippen LogP contribution in [0.3, 0.4) is 0 Å². The predicted molar refractivity (Wildman–Crippen MR) is 282 cm³/mol. The van der Waals surface area contributed by atoms with E-state index in [0.29, 0.717) is 0 Å². The van der Waals surface area contributed by atoms with Gasteiger partial charge in [0.05, 0.1) is 22.1 Å². The van der Waals surface area contributed by atoms with Crippen molar-refractivity contribution in [3.8, 4) is 50.2 Å². The van der Waals surface area contributed by atoms with E-state index in [1.807, 2.05) is 6.07 Å². The van der Waals surface area contributed by atoms with Crippen LogP contribution >= 0.6 is 0 Å². The fourth-order valence-corrected chi connectivity index (χ4v) is 10.2. The number of fused-ring (bicyclic) bond motifs is 8. The standard InChI is InChI=1S/C64H42N2O/c1-4-15-45(16-5-1)53-38-32-48(41-58(53)46-17-6-2-7-18-46)43-27-34-51(35-28-43)65(59-24-14-26-62-63(59)57-23-12-13-25-61(57)67-62)52-36-29-44(30-37-52)49-33-39-55-56-40-31-47-19-10-11-22-54(47)64(56)66(60(55)42-49)50-20-8-3-9-21-50/h1-42H. The van der Waals surface area contributed by atoms with Crippen LogP contribution in [0, 0.1) is 0 Å². The average Bonchev–Trinajstić information content (AvgIpc) is 3.96. The van der Waals surface area contributed by atoms with E-state index in [1.165, 1.54) is 60.4 Å². The average molecular weight is 855 g/mol. The molecule has 3 nitrogen and oxygen atoms in total. The Morgan fingerprint density at radius 1 is 0.328 bits per heavy atom. The maximum atomic E-state index is 6.45. The molecule has 0 unspecified atom stereocenters. The lowest BCUT2D eigenvalue weighted by atomic mass is 9.91. The Bertz CT molecular complexity index is 3940. The first kappa shape index (κ1) is 38.5. The molecule has 0 atom stereocenters. The van der Waals surface area contributed by atoms with Gasteiger partial charge in [-0.25, -0.2) is 0 Å². The molecule has 0 spiro atoms. The van der Waals surface area contributed by atoms with Crippen LogP contribution in [0.15, 0.2) is 259 Å². The van der Waals surface area contributed by atoms with E-state index in [4.69, 9.17) is 4.42 Å². The molecule has 0 saturated carbocycles. The van der Waals surface area contributed by atoms with Crippen molar-refractivity contribution in [1.29, 1.82) is 0 Å². The highest BCUT2D eigenvalue weighted by atomic mass is 16.3. The maximum absolute atomic E-state index is 6.45. The Hall–Kier alpha value is -8.92. The van der Waals surface area contributed by atoms with Crippen molar-refractivity contribution in [3.05, 3.63) is 255 Å². The number of benzene rings is 11. The molecule has 0 fully saturated rings. The van der Waals surface area contributed by atoms with Crippen LogP contribution in [0.5, 0.6) is 0 Å². The van der Waals surface area contributed by atoms with Crippen LogP contribution in [0.2, 0.25) is 0 Å². The van der Waals surface area contributed by atoms with Crippen molar-refractivity contribution in [3.63, 3.8) is 0 Å². The quantitative estimate of drug-likeness (QED) is 0.152. The zero-order valence-electron chi connectivity index (χ0n) is 36.6. The van der Waals surface area contributed by atoms with E-state index >= 15 is 0 Å². The zero-order chi connectivity index (χ0) is 44.3. The topological polar surface area (TPSA) is 21.3 Å². The monoisotopic (exact) mass is 854 g/mol. The van der Waals surface area contributed by atoms with E-state index in [0.717, 1.165) is 61.4 Å². The van der Waals surface area contributed by atoms with Gasteiger partial charge in [-0.15, -0.1) is 0 Å². The third-order valence-electron chi connectivity index (χ3n) is 13.4. The second-order valence-corrected chi connectivity index (χ2v) is 17.3. The van der Waals surface area contributed by atoms with Gasteiger partial charge < -0.3 is 13.9 Å². The van der Waals surface area contributed by atoms with Crippen molar-refractivity contribution in [1.82, 2.24) is 4.57 Å². The zero-order valence-corrected chi connectivity index (χ0v) is 36.6. The fraction of sp³-hybridized carbons (Fsp3) is 0. The Morgan fingerprint density at radius 2 is 0.881 bits per heavy atom. The van der Waals surface area contributed by atoms with Crippen LogP contribution in [0.4, 0.5) is 17.1 Å². The molecule has 0 aliphatic carbocycles. The number of hydrogen-bond donors (Lipinski definition) is 0. The van der Waals surface area contributed by atoms with Crippen LogP contribution in [-0.2, 0) is 0 Å². The second kappa shape index (κ2) is 16.0. The summed E-state index contributed by atoms with van der Waals surface area (Å²) in [6.45, 7) is 0. The molecule has 2 aromatic heterocycles. The minimum Gasteiger partial charge on any atom is -0.456 e. The summed E-state index contributed by atoms with van der Waals surface area (Å²) in [5, 5.41) is 7.15. The molecule has 2 heterocycles. The molecular formula is C64H42N2O. The van der Waals surface area contributed by atoms with E-state index < -0.39 is 0 Å². The van der Waals surface area contributed by atoms with Crippen molar-refractivity contribution >= 4 is 71.6 Å². The van der Waals surface area contributed by atoms with Gasteiger partial charge >= 0.3 is 0 Å². The summed E-state index contributed by atoms with van der Waals surface area (Å²) in [5.41, 5.74) is 17.9. The summed E-state index contributed by atoms with van der Waals surface area (Å²) >= 11 is 0. The Kier molecular flexibility index (Phi) is 9.17. The molecule has 13 rings (SSSR count). The van der Waals surface area contributed by atoms with Gasteiger partial charge in [0.25, 0.3) is 0 Å². The Morgan fingerprint density at radius 3 is 1.60 bits per heavy atom. The molecule has 0 aliphatic rings. The summed E-state index contributed by atoms with van der Waals surface area (Å²) in [4.78, 5) is 2.37. The highest BCUT2D eigenvalue weighted by Crippen LogP contribution is 2.45. The lowest BCUT2D eigenvalue weighted by Gasteiger charge is -2.26. The largest absolute Gasteiger partial charge is 0.456 e. The number of furan rings is 1. The van der Waals surface area contributed by atoms with E-state index in [1.54, 1.807) is 0 Å². The SMILES string of the molecule is c1ccc(-c2ccc(-c3ccc(N(c4ccc(-c5ccc6c7ccc8ccccc8c7n(-c7ccccc7)c6c5)cc4)c4cccc5oc6ccccc6c45)cc3)cc2-c2ccccc2)cc1. The summed E-state index contributed by atoms with van der Waals surface area (Å²) in [5.74, 6) is 0. The normalized spacial score (nSPS) is 11.6. The minimum absolute atomic E-state index is 0.860. The van der Waals surface area contributed by atoms with Crippen LogP contribution in [-0.4, -0.2) is 4.57 Å². The molecule has 314 valence electrons. The minimum atomic E-state index is 0.860. The van der Waals surface area contributed by atoms with E-state index in [9.17, 15) is 0 Å². The van der Waals surface area contributed by atoms with Crippen molar-refractivity contribution in [2.24, 2.45) is 0 Å². The fourth-order valence-electron chi connectivity index (χ4n) is 10.2. The van der Waals surface area contributed by atoms with Gasteiger partial charge in [-0.1, -0.05) is 188 Å². The summed E-state index contributed by atoms with van der Waals surface area (Å²) < 4.78 is 8.89. The Balaban J connectivity index is 0.930. The number of anilines is 3. The lowest BCUT2D eigenvalue weighted by molar-refractivity contribution is 0.669. The molecule has 0 bridgehead atoms. The van der Waals surface area contributed by atoms with Gasteiger partial charge in [0.15, 0.2) is 0 Å². The molecular weight excluding hydrogens is 813 g/mol. The lowest BCUT2D eigenvalue weighted by Crippen LogP contribution is -2.10. The number of rotatable bonds is 8. The number of hydrogen-bond acceptors (Lipinski definition) is 2. The third kappa shape index (κ3) is 6.59. The van der Waals surface area contributed by atoms with Crippen LogP contribution < -0.4 is 4.90 Å². The molecule has 0 radical (unpaired) electrons. The van der Waals surface area contributed by atoms with Gasteiger partial charge in [-0.3, -0.25) is 0 Å². The molecule has 13 aromatic rings. The first-order valence-corrected chi connectivity index (χ1v) is 22.9. The maximum Gasteiger partial charge on any atom is 0.137 e. The predicted octanol–water partition coefficient (Wildman–Crippen LogP) is 18.0. The number of aromatic nitrogens is 1. The highest BCUT2D eigenvalue weighted by molar-refractivity contribution is 6.19. The third-order valence-corrected chi connectivity index (χ3v) is 13.4. The van der Waals surface area contributed by atoms with Crippen molar-refractivity contribution < 1.29 is 4.42 Å². The number of para-hydroxylation sites is 2. The highest BCUT2D eigenvalue weighted by Gasteiger charge is 2.21. The summed E-state index contributed by atoms with van der Waals surface area (Å²) in [6.07, 6.45) is 0. The molecule has 0 amide bonds. The first-order valence-electron chi connectivity index (χ1n) is 22.9. The number of nitrogens with zero attached hydrogens (tertiary/aromatic N) is 2. The molecule has 3 heteroatoms. The molecule has 11 aromatic carbocycles. The molecule has 0 N–H and O–H groups in total. The molecule has 0 aliphatic heterocycles. The second-order valence-electron chi connectivity index (χ2n) is 17.3. The van der Waals surface area contributed by atoms with Gasteiger partial charge in [0.2, 0.25) is 0 Å². The first-order chi connectivity index (χ1) is 33.2. The van der Waals surface area contributed by atoms with Gasteiger partial charge in [0, 0.05) is 38.6 Å². The smallest absolute Gasteiger partial charge is 0.137 e. The molecule has 0 saturated heterocycles. The summed E-state index contributed by atoms with van der Waals surface area (Å²) in [7, 11) is 0. The van der Waals surface area contributed by atoms with Gasteiger partial charge in [-0.2, -0.15) is 0 Å². The molecule has 67 heavy (non-hydrogen) atoms. The van der Waals surface area contributed by atoms with E-state index in [-0.39, 0.29) is 0 Å². The van der Waals surface area contributed by atoms with Crippen LogP contribution in [0.25, 0.3) is 105 Å². The van der Waals surface area contributed by atoms with Crippen LogP contribution in [0.1, 0.15) is 0 Å².